The summed E-state index contributed by atoms with van der Waals surface area (Å²) in [7, 11) is -4.17. The van der Waals surface area contributed by atoms with E-state index in [1.54, 1.807) is 0 Å². The summed E-state index contributed by atoms with van der Waals surface area (Å²) in [4.78, 5) is 9.90. The van der Waals surface area contributed by atoms with Crippen LogP contribution in [0.15, 0.2) is 23.1 Å². The van der Waals surface area contributed by atoms with E-state index < -0.39 is 31.1 Å². The van der Waals surface area contributed by atoms with E-state index in [2.05, 4.69) is 4.72 Å². The zero-order valence-electron chi connectivity index (χ0n) is 13.2. The van der Waals surface area contributed by atoms with Crippen LogP contribution in [0.4, 0.5) is 5.69 Å². The summed E-state index contributed by atoms with van der Waals surface area (Å²) in [6, 6.07) is 3.80. The van der Waals surface area contributed by atoms with Crippen LogP contribution in [0, 0.1) is 16.0 Å². The van der Waals surface area contributed by atoms with E-state index in [0.717, 1.165) is 25.3 Å². The molecule has 1 aromatic carbocycles. The topological polar surface area (TPSA) is 115 Å². The third kappa shape index (κ3) is 4.00. The molecular formula is C14H21Cl2N3O4S. The molecule has 2 rings (SSSR count). The molecule has 3 N–H and O–H groups in total. The van der Waals surface area contributed by atoms with Gasteiger partial charge in [0.2, 0.25) is 10.0 Å². The highest BCUT2D eigenvalue weighted by Crippen LogP contribution is 2.37. The number of nitrogens with one attached hydrogen (secondary N) is 1. The van der Waals surface area contributed by atoms with Crippen LogP contribution in [0.5, 0.6) is 0 Å². The number of sulfonamides is 1. The normalized spacial score (nSPS) is 24.2. The molecule has 2 atom stereocenters. The summed E-state index contributed by atoms with van der Waals surface area (Å²) in [5.41, 5.74) is 4.51. The second kappa shape index (κ2) is 7.97. The number of nitrogens with zero attached hydrogens (tertiary/aromatic N) is 1. The van der Waals surface area contributed by atoms with Crippen molar-refractivity contribution in [1.82, 2.24) is 4.72 Å². The minimum atomic E-state index is -4.17. The smallest absolute Gasteiger partial charge is 0.290 e. The molecule has 24 heavy (non-hydrogen) atoms. The SMILES string of the molecule is CC1CCCCC1(CN)NS(=O)(=O)c1c(Cl)cccc1[N+](=O)[O-].Cl. The highest BCUT2D eigenvalue weighted by atomic mass is 35.5. The van der Waals surface area contributed by atoms with Crippen LogP contribution in [-0.4, -0.2) is 25.4 Å². The number of rotatable bonds is 5. The molecule has 1 saturated carbocycles. The highest BCUT2D eigenvalue weighted by Gasteiger charge is 2.42. The Morgan fingerprint density at radius 1 is 1.46 bits per heavy atom. The molecule has 1 aliphatic rings. The summed E-state index contributed by atoms with van der Waals surface area (Å²) >= 11 is 5.95. The first-order chi connectivity index (χ1) is 10.7. The van der Waals surface area contributed by atoms with Gasteiger partial charge in [-0.25, -0.2) is 13.1 Å². The first-order valence-corrected chi connectivity index (χ1v) is 9.26. The van der Waals surface area contributed by atoms with Crippen molar-refractivity contribution in [2.45, 2.75) is 43.0 Å². The van der Waals surface area contributed by atoms with E-state index in [0.29, 0.717) is 6.42 Å². The van der Waals surface area contributed by atoms with E-state index in [1.807, 2.05) is 6.92 Å². The van der Waals surface area contributed by atoms with E-state index >= 15 is 0 Å². The molecule has 1 fully saturated rings. The number of halogens is 2. The zero-order chi connectivity index (χ0) is 17.3. The molecule has 0 saturated heterocycles. The Morgan fingerprint density at radius 3 is 2.67 bits per heavy atom. The lowest BCUT2D eigenvalue weighted by molar-refractivity contribution is -0.387. The molecule has 0 aromatic heterocycles. The van der Waals surface area contributed by atoms with Crippen LogP contribution in [-0.2, 0) is 10.0 Å². The maximum absolute atomic E-state index is 12.8. The predicted octanol–water partition coefficient (Wildman–Crippen LogP) is 2.86. The first kappa shape index (κ1) is 21.1. The number of hydrogen-bond acceptors (Lipinski definition) is 5. The van der Waals surface area contributed by atoms with Crippen LogP contribution >= 0.6 is 24.0 Å². The van der Waals surface area contributed by atoms with E-state index in [4.69, 9.17) is 17.3 Å². The summed E-state index contributed by atoms with van der Waals surface area (Å²) in [6.07, 6.45) is 3.32. The lowest BCUT2D eigenvalue weighted by Crippen LogP contribution is -2.59. The molecule has 0 heterocycles. The molecule has 7 nitrogen and oxygen atoms in total. The Balaban J connectivity index is 0.00000288. The summed E-state index contributed by atoms with van der Waals surface area (Å²) in [5.74, 6) is 0.0394. The van der Waals surface area contributed by atoms with Gasteiger partial charge >= 0.3 is 0 Å². The number of nitrogens with two attached hydrogens (primary N) is 1. The average molecular weight is 398 g/mol. The lowest BCUT2D eigenvalue weighted by Gasteiger charge is -2.42. The fourth-order valence-corrected chi connectivity index (χ4v) is 5.38. The molecule has 0 aliphatic heterocycles. The number of benzene rings is 1. The maximum atomic E-state index is 12.8. The highest BCUT2D eigenvalue weighted by molar-refractivity contribution is 7.89. The van der Waals surface area contributed by atoms with Crippen molar-refractivity contribution in [1.29, 1.82) is 0 Å². The third-order valence-electron chi connectivity index (χ3n) is 4.57. The monoisotopic (exact) mass is 397 g/mol. The Morgan fingerprint density at radius 2 is 2.12 bits per heavy atom. The van der Waals surface area contributed by atoms with E-state index in [-0.39, 0.29) is 29.9 Å². The molecular weight excluding hydrogens is 377 g/mol. The van der Waals surface area contributed by atoms with Crippen molar-refractivity contribution in [3.8, 4) is 0 Å². The van der Waals surface area contributed by atoms with Crippen molar-refractivity contribution in [3.63, 3.8) is 0 Å². The Hall–Kier alpha value is -0.930. The Bertz CT molecular complexity index is 714. The summed E-state index contributed by atoms with van der Waals surface area (Å²) < 4.78 is 28.2. The summed E-state index contributed by atoms with van der Waals surface area (Å²) in [6.45, 7) is 2.07. The standard InChI is InChI=1S/C14H20ClN3O4S.ClH/c1-10-5-2-3-8-14(10,9-16)17-23(21,22)13-11(15)6-4-7-12(13)18(19)20;/h4,6-7,10,17H,2-3,5,8-9,16H2,1H3;1H. The molecule has 1 aromatic rings. The predicted molar refractivity (Wildman–Crippen MR) is 95.1 cm³/mol. The van der Waals surface area contributed by atoms with Crippen LogP contribution in [0.2, 0.25) is 5.02 Å². The number of hydrogen-bond donors (Lipinski definition) is 2. The molecule has 0 amide bonds. The van der Waals surface area contributed by atoms with Crippen LogP contribution in [0.25, 0.3) is 0 Å². The number of nitro groups is 1. The molecule has 0 bridgehead atoms. The van der Waals surface area contributed by atoms with Gasteiger partial charge in [-0.2, -0.15) is 0 Å². The van der Waals surface area contributed by atoms with Crippen molar-refractivity contribution in [2.24, 2.45) is 11.7 Å². The first-order valence-electron chi connectivity index (χ1n) is 7.40. The molecule has 10 heteroatoms. The molecule has 0 radical (unpaired) electrons. The van der Waals surface area contributed by atoms with Crippen molar-refractivity contribution in [3.05, 3.63) is 33.3 Å². The lowest BCUT2D eigenvalue weighted by atomic mass is 9.74. The van der Waals surface area contributed by atoms with Gasteiger partial charge in [-0.05, 0) is 24.8 Å². The van der Waals surface area contributed by atoms with Gasteiger partial charge in [-0.3, -0.25) is 10.1 Å². The Kier molecular flexibility index (Phi) is 7.01. The largest absolute Gasteiger partial charge is 0.329 e. The Labute approximate surface area is 152 Å². The van der Waals surface area contributed by atoms with Gasteiger partial charge in [-0.15, -0.1) is 12.4 Å². The van der Waals surface area contributed by atoms with Gasteiger partial charge in [0.05, 0.1) is 9.95 Å². The van der Waals surface area contributed by atoms with E-state index in [9.17, 15) is 18.5 Å². The van der Waals surface area contributed by atoms with Gasteiger partial charge in [0.15, 0.2) is 4.90 Å². The molecule has 1 aliphatic carbocycles. The van der Waals surface area contributed by atoms with Crippen molar-refractivity contribution >= 4 is 39.7 Å². The van der Waals surface area contributed by atoms with Crippen LogP contribution < -0.4 is 10.5 Å². The van der Waals surface area contributed by atoms with E-state index in [1.165, 1.54) is 12.1 Å². The number of nitro benzene ring substituents is 1. The third-order valence-corrected chi connectivity index (χ3v) is 6.64. The van der Waals surface area contributed by atoms with Crippen LogP contribution in [0.1, 0.15) is 32.6 Å². The van der Waals surface area contributed by atoms with Crippen LogP contribution in [0.3, 0.4) is 0 Å². The van der Waals surface area contributed by atoms with Gasteiger partial charge in [0.1, 0.15) is 0 Å². The van der Waals surface area contributed by atoms with Crippen molar-refractivity contribution in [2.75, 3.05) is 6.54 Å². The van der Waals surface area contributed by atoms with Gasteiger partial charge in [-0.1, -0.05) is 37.4 Å². The second-order valence-electron chi connectivity index (χ2n) is 5.96. The fraction of sp³-hybridized carbons (Fsp3) is 0.571. The minimum Gasteiger partial charge on any atom is -0.329 e. The maximum Gasteiger partial charge on any atom is 0.290 e. The zero-order valence-corrected chi connectivity index (χ0v) is 15.6. The fourth-order valence-electron chi connectivity index (χ4n) is 3.14. The average Bonchev–Trinajstić information content (AvgIpc) is 2.49. The van der Waals surface area contributed by atoms with Gasteiger partial charge < -0.3 is 5.73 Å². The molecule has 0 spiro atoms. The quantitative estimate of drug-likeness (QED) is 0.585. The van der Waals surface area contributed by atoms with Gasteiger partial charge in [0.25, 0.3) is 5.69 Å². The molecule has 136 valence electrons. The second-order valence-corrected chi connectivity index (χ2v) is 7.98. The van der Waals surface area contributed by atoms with Gasteiger partial charge in [0, 0.05) is 18.2 Å². The minimum absolute atomic E-state index is 0. The molecule has 2 unspecified atom stereocenters. The summed E-state index contributed by atoms with van der Waals surface area (Å²) in [5, 5.41) is 11.0. The van der Waals surface area contributed by atoms with Crippen molar-refractivity contribution < 1.29 is 13.3 Å².